The highest BCUT2D eigenvalue weighted by atomic mass is 35.5. The monoisotopic (exact) mass is 291 g/mol. The quantitative estimate of drug-likeness (QED) is 0.900. The van der Waals surface area contributed by atoms with Crippen molar-refractivity contribution in [3.05, 3.63) is 22.8 Å². The van der Waals surface area contributed by atoms with Gasteiger partial charge in [-0.2, -0.15) is 0 Å². The molecule has 1 amide bonds. The number of pyridine rings is 1. The molecule has 0 aromatic carbocycles. The van der Waals surface area contributed by atoms with Crippen LogP contribution in [0, 0.1) is 23.7 Å². The Bertz CT molecular complexity index is 560. The van der Waals surface area contributed by atoms with Crippen LogP contribution in [0.4, 0.5) is 5.82 Å². The standard InChI is InChI=1S/C15H18ClN3O/c1-17-14-10(16)5-9(6-18-14)15(20)19-13-11-7-2-3-8(4-7)12(11)13/h5-8,11-13H,2-4H2,1H3,(H,17,18)(H,19,20). The summed E-state index contributed by atoms with van der Waals surface area (Å²) in [7, 11) is 1.76. The number of halogens is 1. The fourth-order valence-electron chi connectivity index (χ4n) is 4.50. The molecule has 3 aliphatic carbocycles. The zero-order chi connectivity index (χ0) is 13.9. The van der Waals surface area contributed by atoms with Gasteiger partial charge in [0.15, 0.2) is 0 Å². The fourth-order valence-corrected chi connectivity index (χ4v) is 4.76. The van der Waals surface area contributed by atoms with Crippen LogP contribution < -0.4 is 10.6 Å². The molecule has 0 spiro atoms. The zero-order valence-electron chi connectivity index (χ0n) is 11.4. The Hall–Kier alpha value is -1.29. The molecule has 0 radical (unpaired) electrons. The van der Waals surface area contributed by atoms with Gasteiger partial charge in [0.2, 0.25) is 0 Å². The molecule has 4 unspecified atom stereocenters. The van der Waals surface area contributed by atoms with E-state index < -0.39 is 0 Å². The average molecular weight is 292 g/mol. The molecule has 2 bridgehead atoms. The molecular weight excluding hydrogens is 274 g/mol. The number of fused-ring (bicyclic) bond motifs is 5. The lowest BCUT2D eigenvalue weighted by Crippen LogP contribution is -2.30. The van der Waals surface area contributed by atoms with Crippen molar-refractivity contribution in [1.29, 1.82) is 0 Å². The van der Waals surface area contributed by atoms with Gasteiger partial charge in [0.1, 0.15) is 5.82 Å². The summed E-state index contributed by atoms with van der Waals surface area (Å²) in [6.07, 6.45) is 5.71. The van der Waals surface area contributed by atoms with Gasteiger partial charge in [0, 0.05) is 19.3 Å². The van der Waals surface area contributed by atoms with Crippen molar-refractivity contribution < 1.29 is 4.79 Å². The van der Waals surface area contributed by atoms with Crippen LogP contribution in [0.15, 0.2) is 12.3 Å². The minimum Gasteiger partial charge on any atom is -0.372 e. The molecular formula is C15H18ClN3O. The van der Waals surface area contributed by atoms with Gasteiger partial charge in [-0.25, -0.2) is 4.98 Å². The number of nitrogens with one attached hydrogen (secondary N) is 2. The van der Waals surface area contributed by atoms with Crippen molar-refractivity contribution >= 4 is 23.3 Å². The van der Waals surface area contributed by atoms with Crippen molar-refractivity contribution in [2.24, 2.45) is 23.7 Å². The third-order valence-corrected chi connectivity index (χ3v) is 5.66. The lowest BCUT2D eigenvalue weighted by Gasteiger charge is -2.11. The number of aromatic nitrogens is 1. The molecule has 3 saturated carbocycles. The molecule has 3 fully saturated rings. The second-order valence-electron chi connectivity index (χ2n) is 6.29. The Labute approximate surface area is 123 Å². The zero-order valence-corrected chi connectivity index (χ0v) is 12.2. The Morgan fingerprint density at radius 3 is 2.65 bits per heavy atom. The van der Waals surface area contributed by atoms with Crippen molar-refractivity contribution in [3.63, 3.8) is 0 Å². The lowest BCUT2D eigenvalue weighted by molar-refractivity contribution is 0.0944. The summed E-state index contributed by atoms with van der Waals surface area (Å²) < 4.78 is 0. The smallest absolute Gasteiger partial charge is 0.253 e. The summed E-state index contributed by atoms with van der Waals surface area (Å²) in [6, 6.07) is 2.08. The van der Waals surface area contributed by atoms with Gasteiger partial charge in [-0.05, 0) is 49.0 Å². The van der Waals surface area contributed by atoms with E-state index in [9.17, 15) is 4.79 Å². The molecule has 1 aromatic heterocycles. The number of hydrogen-bond donors (Lipinski definition) is 2. The number of rotatable bonds is 3. The number of carbonyl (C=O) groups excluding carboxylic acids is 1. The minimum absolute atomic E-state index is 0.0409. The van der Waals surface area contributed by atoms with Gasteiger partial charge in [-0.15, -0.1) is 0 Å². The summed E-state index contributed by atoms with van der Waals surface area (Å²) >= 11 is 6.07. The van der Waals surface area contributed by atoms with Crippen LogP contribution in [0.5, 0.6) is 0 Å². The van der Waals surface area contributed by atoms with E-state index in [1.165, 1.54) is 19.3 Å². The van der Waals surface area contributed by atoms with Crippen LogP contribution in [0.1, 0.15) is 29.6 Å². The highest BCUT2D eigenvalue weighted by Crippen LogP contribution is 2.65. The van der Waals surface area contributed by atoms with E-state index in [0.717, 1.165) is 23.7 Å². The van der Waals surface area contributed by atoms with E-state index in [0.29, 0.717) is 22.4 Å². The van der Waals surface area contributed by atoms with Gasteiger partial charge >= 0.3 is 0 Å². The van der Waals surface area contributed by atoms with Crippen molar-refractivity contribution in [2.75, 3.05) is 12.4 Å². The van der Waals surface area contributed by atoms with Gasteiger partial charge in [0.05, 0.1) is 10.6 Å². The number of hydrogen-bond acceptors (Lipinski definition) is 3. The number of amides is 1. The summed E-state index contributed by atoms with van der Waals surface area (Å²) in [4.78, 5) is 16.4. The van der Waals surface area contributed by atoms with Crippen LogP contribution in [0.3, 0.4) is 0 Å². The summed E-state index contributed by atoms with van der Waals surface area (Å²) in [6.45, 7) is 0. The molecule has 2 N–H and O–H groups in total. The largest absolute Gasteiger partial charge is 0.372 e. The van der Waals surface area contributed by atoms with Crippen LogP contribution in [-0.4, -0.2) is 24.0 Å². The Balaban J connectivity index is 1.45. The van der Waals surface area contributed by atoms with Crippen molar-refractivity contribution in [2.45, 2.75) is 25.3 Å². The molecule has 1 heterocycles. The van der Waals surface area contributed by atoms with Crippen molar-refractivity contribution in [3.8, 4) is 0 Å². The molecule has 4 nitrogen and oxygen atoms in total. The second kappa shape index (κ2) is 4.35. The number of anilines is 1. The first-order chi connectivity index (χ1) is 9.69. The van der Waals surface area contributed by atoms with E-state index >= 15 is 0 Å². The first-order valence-electron chi connectivity index (χ1n) is 7.33. The molecule has 3 aliphatic rings. The van der Waals surface area contributed by atoms with Crippen LogP contribution in [-0.2, 0) is 0 Å². The second-order valence-corrected chi connectivity index (χ2v) is 6.70. The summed E-state index contributed by atoms with van der Waals surface area (Å²) in [5.74, 6) is 3.79. The summed E-state index contributed by atoms with van der Waals surface area (Å²) in [5, 5.41) is 6.55. The summed E-state index contributed by atoms with van der Waals surface area (Å²) in [5.41, 5.74) is 0.548. The number of carbonyl (C=O) groups is 1. The predicted octanol–water partition coefficient (Wildman–Crippen LogP) is 2.55. The average Bonchev–Trinajstić information content (AvgIpc) is 2.84. The molecule has 5 heteroatoms. The van der Waals surface area contributed by atoms with E-state index in [2.05, 4.69) is 15.6 Å². The fraction of sp³-hybridized carbons (Fsp3) is 0.600. The first kappa shape index (κ1) is 12.5. The molecule has 0 saturated heterocycles. The third-order valence-electron chi connectivity index (χ3n) is 5.37. The normalized spacial score (nSPS) is 36.6. The minimum atomic E-state index is -0.0409. The SMILES string of the molecule is CNc1ncc(C(=O)NC2C3C4CCC(C4)C23)cc1Cl. The topological polar surface area (TPSA) is 54.0 Å². The van der Waals surface area contributed by atoms with Gasteiger partial charge < -0.3 is 10.6 Å². The predicted molar refractivity (Wildman–Crippen MR) is 77.9 cm³/mol. The van der Waals surface area contributed by atoms with E-state index in [-0.39, 0.29) is 5.91 Å². The van der Waals surface area contributed by atoms with Gasteiger partial charge in [-0.1, -0.05) is 11.6 Å². The molecule has 20 heavy (non-hydrogen) atoms. The molecule has 1 aromatic rings. The maximum Gasteiger partial charge on any atom is 0.253 e. The molecule has 4 atom stereocenters. The highest BCUT2D eigenvalue weighted by molar-refractivity contribution is 6.33. The molecule has 0 aliphatic heterocycles. The highest BCUT2D eigenvalue weighted by Gasteiger charge is 2.65. The van der Waals surface area contributed by atoms with Crippen LogP contribution in [0.2, 0.25) is 5.02 Å². The molecule has 106 valence electrons. The van der Waals surface area contributed by atoms with E-state index in [1.54, 1.807) is 19.3 Å². The first-order valence-corrected chi connectivity index (χ1v) is 7.71. The van der Waals surface area contributed by atoms with E-state index in [4.69, 9.17) is 11.6 Å². The third kappa shape index (κ3) is 1.74. The van der Waals surface area contributed by atoms with E-state index in [1.807, 2.05) is 0 Å². The van der Waals surface area contributed by atoms with Crippen LogP contribution >= 0.6 is 11.6 Å². The maximum atomic E-state index is 12.3. The number of nitrogens with zero attached hydrogens (tertiary/aromatic N) is 1. The lowest BCUT2D eigenvalue weighted by atomic mass is 10.0. The van der Waals surface area contributed by atoms with Crippen molar-refractivity contribution in [1.82, 2.24) is 10.3 Å². The Morgan fingerprint density at radius 1 is 1.35 bits per heavy atom. The molecule has 4 rings (SSSR count). The maximum absolute atomic E-state index is 12.3. The van der Waals surface area contributed by atoms with Gasteiger partial charge in [-0.3, -0.25) is 4.79 Å². The Kier molecular flexibility index (Phi) is 2.71. The Morgan fingerprint density at radius 2 is 2.05 bits per heavy atom. The van der Waals surface area contributed by atoms with Crippen LogP contribution in [0.25, 0.3) is 0 Å². The van der Waals surface area contributed by atoms with Gasteiger partial charge in [0.25, 0.3) is 5.91 Å².